The summed E-state index contributed by atoms with van der Waals surface area (Å²) in [6, 6.07) is 13.3. The summed E-state index contributed by atoms with van der Waals surface area (Å²) in [6.07, 6.45) is 2.95. The van der Waals surface area contributed by atoms with Crippen LogP contribution >= 0.6 is 0 Å². The summed E-state index contributed by atoms with van der Waals surface area (Å²) in [5.74, 6) is 0.206. The van der Waals surface area contributed by atoms with Crippen molar-refractivity contribution in [3.8, 4) is 5.75 Å². The zero-order valence-corrected chi connectivity index (χ0v) is 15.0. The van der Waals surface area contributed by atoms with Gasteiger partial charge in [-0.1, -0.05) is 18.2 Å². The Bertz CT molecular complexity index is 728. The number of rotatable bonds is 10. The third kappa shape index (κ3) is 6.31. The standard InChI is InChI=1S/C21H24FNO3/c1-26-20-8-3-2-6-17(20)7-4-5-15-23-21(25)14-13-19(24)16-9-11-18(22)12-10-16/h2-3,6,8-12H,4-5,7,13-15H2,1H3,(H,23,25). The predicted octanol–water partition coefficient (Wildman–Crippen LogP) is 3.94. The summed E-state index contributed by atoms with van der Waals surface area (Å²) in [5.41, 5.74) is 1.59. The molecule has 0 saturated carbocycles. The third-order valence-corrected chi connectivity index (χ3v) is 4.13. The van der Waals surface area contributed by atoms with Gasteiger partial charge in [0.25, 0.3) is 0 Å². The van der Waals surface area contributed by atoms with Crippen LogP contribution in [0, 0.1) is 5.82 Å². The summed E-state index contributed by atoms with van der Waals surface area (Å²) < 4.78 is 18.2. The van der Waals surface area contributed by atoms with E-state index >= 15 is 0 Å². The van der Waals surface area contributed by atoms with Crippen molar-refractivity contribution < 1.29 is 18.7 Å². The fourth-order valence-electron chi connectivity index (χ4n) is 2.67. The molecular weight excluding hydrogens is 333 g/mol. The smallest absolute Gasteiger partial charge is 0.220 e. The first-order chi connectivity index (χ1) is 12.6. The first kappa shape index (κ1) is 19.6. The van der Waals surface area contributed by atoms with Gasteiger partial charge in [-0.15, -0.1) is 0 Å². The third-order valence-electron chi connectivity index (χ3n) is 4.13. The summed E-state index contributed by atoms with van der Waals surface area (Å²) >= 11 is 0. The van der Waals surface area contributed by atoms with Crippen molar-refractivity contribution in [2.45, 2.75) is 32.1 Å². The first-order valence-electron chi connectivity index (χ1n) is 8.77. The lowest BCUT2D eigenvalue weighted by Gasteiger charge is -2.08. The molecule has 2 rings (SSSR count). The van der Waals surface area contributed by atoms with Gasteiger partial charge < -0.3 is 10.1 Å². The van der Waals surface area contributed by atoms with Gasteiger partial charge in [0.1, 0.15) is 11.6 Å². The molecule has 1 N–H and O–H groups in total. The van der Waals surface area contributed by atoms with E-state index in [2.05, 4.69) is 5.32 Å². The van der Waals surface area contributed by atoms with Crippen LogP contribution in [0.1, 0.15) is 41.6 Å². The molecule has 0 unspecified atom stereocenters. The average Bonchev–Trinajstić information content (AvgIpc) is 2.66. The second-order valence-electron chi connectivity index (χ2n) is 6.05. The van der Waals surface area contributed by atoms with Crippen LogP contribution in [0.5, 0.6) is 5.75 Å². The number of hydrogen-bond donors (Lipinski definition) is 1. The van der Waals surface area contributed by atoms with E-state index in [9.17, 15) is 14.0 Å². The molecule has 26 heavy (non-hydrogen) atoms. The second-order valence-corrected chi connectivity index (χ2v) is 6.05. The summed E-state index contributed by atoms with van der Waals surface area (Å²) in [4.78, 5) is 23.8. The largest absolute Gasteiger partial charge is 0.496 e. The van der Waals surface area contributed by atoms with Gasteiger partial charge in [0.05, 0.1) is 7.11 Å². The van der Waals surface area contributed by atoms with Crippen molar-refractivity contribution in [3.05, 3.63) is 65.5 Å². The number of aryl methyl sites for hydroxylation is 1. The number of carbonyl (C=O) groups is 2. The lowest BCUT2D eigenvalue weighted by Crippen LogP contribution is -2.24. The van der Waals surface area contributed by atoms with Crippen LogP contribution in [0.15, 0.2) is 48.5 Å². The Kier molecular flexibility index (Phi) is 7.80. The fourth-order valence-corrected chi connectivity index (χ4v) is 2.67. The molecule has 5 heteroatoms. The monoisotopic (exact) mass is 357 g/mol. The lowest BCUT2D eigenvalue weighted by molar-refractivity contribution is -0.121. The quantitative estimate of drug-likeness (QED) is 0.518. The molecule has 0 aliphatic heterocycles. The van der Waals surface area contributed by atoms with E-state index in [-0.39, 0.29) is 30.3 Å². The number of unbranched alkanes of at least 4 members (excludes halogenated alkanes) is 1. The van der Waals surface area contributed by atoms with Gasteiger partial charge in [-0.05, 0) is 55.2 Å². The van der Waals surface area contributed by atoms with E-state index in [1.807, 2.05) is 24.3 Å². The number of para-hydroxylation sites is 1. The average molecular weight is 357 g/mol. The maximum absolute atomic E-state index is 12.8. The minimum absolute atomic E-state index is 0.124. The highest BCUT2D eigenvalue weighted by atomic mass is 19.1. The zero-order chi connectivity index (χ0) is 18.8. The van der Waals surface area contributed by atoms with E-state index in [4.69, 9.17) is 4.74 Å². The highest BCUT2D eigenvalue weighted by molar-refractivity contribution is 5.97. The molecule has 0 bridgehead atoms. The normalized spacial score (nSPS) is 10.4. The molecule has 1 amide bonds. The molecular formula is C21H24FNO3. The van der Waals surface area contributed by atoms with E-state index in [1.54, 1.807) is 7.11 Å². The number of ketones is 1. The molecule has 138 valence electrons. The van der Waals surface area contributed by atoms with E-state index in [0.29, 0.717) is 12.1 Å². The highest BCUT2D eigenvalue weighted by Crippen LogP contribution is 2.19. The Morgan fingerprint density at radius 2 is 1.73 bits per heavy atom. The van der Waals surface area contributed by atoms with Gasteiger partial charge in [0.15, 0.2) is 5.78 Å². The molecule has 0 aromatic heterocycles. The van der Waals surface area contributed by atoms with Crippen molar-refractivity contribution in [1.82, 2.24) is 5.32 Å². The topological polar surface area (TPSA) is 55.4 Å². The fraction of sp³-hybridized carbons (Fsp3) is 0.333. The molecule has 0 saturated heterocycles. The number of benzene rings is 2. The Morgan fingerprint density at radius 1 is 1.00 bits per heavy atom. The van der Waals surface area contributed by atoms with E-state index < -0.39 is 0 Å². The SMILES string of the molecule is COc1ccccc1CCCCNC(=O)CCC(=O)c1ccc(F)cc1. The maximum Gasteiger partial charge on any atom is 0.220 e. The Morgan fingerprint density at radius 3 is 2.46 bits per heavy atom. The Labute approximate surface area is 153 Å². The van der Waals surface area contributed by atoms with Crippen molar-refractivity contribution in [2.75, 3.05) is 13.7 Å². The van der Waals surface area contributed by atoms with E-state index in [0.717, 1.165) is 30.6 Å². The van der Waals surface area contributed by atoms with Gasteiger partial charge in [-0.2, -0.15) is 0 Å². The van der Waals surface area contributed by atoms with E-state index in [1.165, 1.54) is 24.3 Å². The number of halogens is 1. The number of amides is 1. The van der Waals surface area contributed by atoms with Gasteiger partial charge in [-0.3, -0.25) is 9.59 Å². The minimum Gasteiger partial charge on any atom is -0.496 e. The number of carbonyl (C=O) groups excluding carboxylic acids is 2. The maximum atomic E-state index is 12.8. The van der Waals surface area contributed by atoms with Crippen LogP contribution in [0.4, 0.5) is 4.39 Å². The van der Waals surface area contributed by atoms with Crippen molar-refractivity contribution >= 4 is 11.7 Å². The summed E-state index contributed by atoms with van der Waals surface area (Å²) in [5, 5.41) is 2.83. The van der Waals surface area contributed by atoms with Crippen LogP contribution in [-0.2, 0) is 11.2 Å². The van der Waals surface area contributed by atoms with Crippen LogP contribution in [-0.4, -0.2) is 25.3 Å². The van der Waals surface area contributed by atoms with Gasteiger partial charge in [-0.25, -0.2) is 4.39 Å². The molecule has 0 spiro atoms. The molecule has 0 atom stereocenters. The Hall–Kier alpha value is -2.69. The number of methoxy groups -OCH3 is 1. The molecule has 0 radical (unpaired) electrons. The molecule has 0 fully saturated rings. The van der Waals surface area contributed by atoms with Gasteiger partial charge in [0, 0.05) is 24.9 Å². The number of ether oxygens (including phenoxy) is 1. The number of Topliss-reactive ketones (excluding diaryl/α,β-unsaturated/α-hetero) is 1. The minimum atomic E-state index is -0.382. The highest BCUT2D eigenvalue weighted by Gasteiger charge is 2.09. The molecule has 0 aliphatic carbocycles. The summed E-state index contributed by atoms with van der Waals surface area (Å²) in [7, 11) is 1.66. The van der Waals surface area contributed by atoms with Crippen molar-refractivity contribution in [2.24, 2.45) is 0 Å². The molecule has 0 aliphatic rings. The molecule has 4 nitrogen and oxygen atoms in total. The first-order valence-corrected chi connectivity index (χ1v) is 8.77. The van der Waals surface area contributed by atoms with Crippen molar-refractivity contribution in [1.29, 1.82) is 0 Å². The zero-order valence-electron chi connectivity index (χ0n) is 15.0. The lowest BCUT2D eigenvalue weighted by atomic mass is 10.1. The van der Waals surface area contributed by atoms with Gasteiger partial charge in [0.2, 0.25) is 5.91 Å². The molecule has 2 aromatic rings. The predicted molar refractivity (Wildman–Crippen MR) is 98.9 cm³/mol. The van der Waals surface area contributed by atoms with Crippen LogP contribution < -0.4 is 10.1 Å². The molecule has 2 aromatic carbocycles. The molecule has 0 heterocycles. The van der Waals surface area contributed by atoms with Crippen LogP contribution in [0.25, 0.3) is 0 Å². The Balaban J connectivity index is 1.61. The van der Waals surface area contributed by atoms with Gasteiger partial charge >= 0.3 is 0 Å². The van der Waals surface area contributed by atoms with Crippen LogP contribution in [0.2, 0.25) is 0 Å². The van der Waals surface area contributed by atoms with Crippen molar-refractivity contribution in [3.63, 3.8) is 0 Å². The number of hydrogen-bond acceptors (Lipinski definition) is 3. The van der Waals surface area contributed by atoms with Crippen LogP contribution in [0.3, 0.4) is 0 Å². The second kappa shape index (κ2) is 10.3. The number of nitrogens with one attached hydrogen (secondary N) is 1. The summed E-state index contributed by atoms with van der Waals surface area (Å²) in [6.45, 7) is 0.582.